The Morgan fingerprint density at radius 1 is 0.962 bits per heavy atom. The number of hydrogen-bond acceptors (Lipinski definition) is 2. The number of benzene rings is 3. The molecule has 1 amide bonds. The summed E-state index contributed by atoms with van der Waals surface area (Å²) in [4.78, 5) is 12.5. The van der Waals surface area contributed by atoms with Gasteiger partial charge in [0.1, 0.15) is 5.75 Å². The van der Waals surface area contributed by atoms with Crippen LogP contribution in [0.4, 0.5) is 0 Å². The molecule has 0 radical (unpaired) electrons. The van der Waals surface area contributed by atoms with E-state index in [1.807, 2.05) is 43.3 Å². The summed E-state index contributed by atoms with van der Waals surface area (Å²) in [5.41, 5.74) is 2.38. The normalized spacial score (nSPS) is 13.2. The second kappa shape index (κ2) is 8.05. The number of nitrogens with one attached hydrogen (secondary N) is 1. The molecule has 3 rings (SSSR count). The molecule has 0 aromatic heterocycles. The second-order valence-electron chi connectivity index (χ2n) is 6.59. The van der Waals surface area contributed by atoms with Crippen molar-refractivity contribution in [3.63, 3.8) is 0 Å². The highest BCUT2D eigenvalue weighted by atomic mass is 16.5. The Kier molecular flexibility index (Phi) is 5.57. The quantitative estimate of drug-likeness (QED) is 0.678. The maximum absolute atomic E-state index is 12.5. The van der Waals surface area contributed by atoms with E-state index in [4.69, 9.17) is 4.74 Å². The molecular formula is C23H25NO2. The predicted molar refractivity (Wildman–Crippen MR) is 106 cm³/mol. The highest BCUT2D eigenvalue weighted by Crippen LogP contribution is 2.22. The van der Waals surface area contributed by atoms with Crippen LogP contribution in [0.3, 0.4) is 0 Å². The Bertz CT molecular complexity index is 886. The van der Waals surface area contributed by atoms with Crippen LogP contribution in [-0.4, -0.2) is 12.0 Å². The van der Waals surface area contributed by atoms with Crippen LogP contribution in [0.5, 0.6) is 5.75 Å². The molecule has 0 bridgehead atoms. The molecular weight excluding hydrogens is 322 g/mol. The Morgan fingerprint density at radius 2 is 1.65 bits per heavy atom. The Labute approximate surface area is 155 Å². The van der Waals surface area contributed by atoms with Gasteiger partial charge in [-0.2, -0.15) is 0 Å². The van der Waals surface area contributed by atoms with E-state index in [1.165, 1.54) is 5.56 Å². The largest absolute Gasteiger partial charge is 0.481 e. The standard InChI is InChI=1S/C23H25NO2/c1-4-18-9-11-19(12-10-18)16(2)24-23(25)17(3)26-22-14-13-20-7-5-6-8-21(20)15-22/h5-17H,4H2,1-3H3,(H,24,25)/t16-,17-/m1/s1. The van der Waals surface area contributed by atoms with E-state index >= 15 is 0 Å². The SMILES string of the molecule is CCc1ccc([C@@H](C)NC(=O)[C@@H](C)Oc2ccc3ccccc3c2)cc1. The van der Waals surface area contributed by atoms with Crippen LogP contribution in [0.25, 0.3) is 10.8 Å². The fraction of sp³-hybridized carbons (Fsp3) is 0.261. The summed E-state index contributed by atoms with van der Waals surface area (Å²) in [6, 6.07) is 22.3. The molecule has 1 N–H and O–H groups in total. The van der Waals surface area contributed by atoms with Crippen LogP contribution in [-0.2, 0) is 11.2 Å². The van der Waals surface area contributed by atoms with E-state index in [1.54, 1.807) is 6.92 Å². The van der Waals surface area contributed by atoms with Crippen LogP contribution in [0, 0.1) is 0 Å². The Hall–Kier alpha value is -2.81. The fourth-order valence-electron chi connectivity index (χ4n) is 2.95. The average molecular weight is 347 g/mol. The molecule has 3 aromatic carbocycles. The van der Waals surface area contributed by atoms with Gasteiger partial charge in [0.25, 0.3) is 5.91 Å². The van der Waals surface area contributed by atoms with Gasteiger partial charge in [-0.05, 0) is 54.3 Å². The number of carbonyl (C=O) groups is 1. The molecule has 134 valence electrons. The van der Waals surface area contributed by atoms with Crippen LogP contribution < -0.4 is 10.1 Å². The molecule has 3 nitrogen and oxygen atoms in total. The smallest absolute Gasteiger partial charge is 0.261 e. The molecule has 26 heavy (non-hydrogen) atoms. The average Bonchev–Trinajstić information content (AvgIpc) is 2.67. The Balaban J connectivity index is 1.62. The maximum Gasteiger partial charge on any atom is 0.261 e. The lowest BCUT2D eigenvalue weighted by Crippen LogP contribution is -2.37. The number of hydrogen-bond donors (Lipinski definition) is 1. The third kappa shape index (κ3) is 4.23. The number of rotatable bonds is 6. The zero-order chi connectivity index (χ0) is 18.5. The topological polar surface area (TPSA) is 38.3 Å². The van der Waals surface area contributed by atoms with Crippen LogP contribution in [0.2, 0.25) is 0 Å². The van der Waals surface area contributed by atoms with Gasteiger partial charge in [-0.1, -0.05) is 61.5 Å². The molecule has 3 heteroatoms. The van der Waals surface area contributed by atoms with Gasteiger partial charge in [-0.3, -0.25) is 4.79 Å². The van der Waals surface area contributed by atoms with Crippen molar-refractivity contribution in [1.82, 2.24) is 5.32 Å². The van der Waals surface area contributed by atoms with Gasteiger partial charge < -0.3 is 10.1 Å². The van der Waals surface area contributed by atoms with E-state index < -0.39 is 6.10 Å². The van der Waals surface area contributed by atoms with Crippen molar-refractivity contribution in [3.8, 4) is 5.75 Å². The van der Waals surface area contributed by atoms with E-state index in [-0.39, 0.29) is 11.9 Å². The zero-order valence-corrected chi connectivity index (χ0v) is 15.5. The monoisotopic (exact) mass is 347 g/mol. The highest BCUT2D eigenvalue weighted by Gasteiger charge is 2.18. The summed E-state index contributed by atoms with van der Waals surface area (Å²) >= 11 is 0. The predicted octanol–water partition coefficient (Wildman–Crippen LogP) is 5.05. The van der Waals surface area contributed by atoms with Gasteiger partial charge in [0.05, 0.1) is 6.04 Å². The van der Waals surface area contributed by atoms with Crippen LogP contribution in [0.15, 0.2) is 66.7 Å². The van der Waals surface area contributed by atoms with Crippen molar-refractivity contribution in [2.45, 2.75) is 39.3 Å². The molecule has 3 aromatic rings. The van der Waals surface area contributed by atoms with Crippen LogP contribution >= 0.6 is 0 Å². The molecule has 0 aliphatic rings. The summed E-state index contributed by atoms with van der Waals surface area (Å²) in [6.45, 7) is 5.89. The second-order valence-corrected chi connectivity index (χ2v) is 6.59. The maximum atomic E-state index is 12.5. The first kappa shape index (κ1) is 18.0. The molecule has 0 aliphatic carbocycles. The van der Waals surface area contributed by atoms with E-state index in [0.717, 1.165) is 22.8 Å². The first-order valence-electron chi connectivity index (χ1n) is 9.11. The third-order valence-corrected chi connectivity index (χ3v) is 4.65. The zero-order valence-electron chi connectivity index (χ0n) is 15.5. The highest BCUT2D eigenvalue weighted by molar-refractivity contribution is 5.84. The van der Waals surface area contributed by atoms with Gasteiger partial charge >= 0.3 is 0 Å². The molecule has 0 heterocycles. The van der Waals surface area contributed by atoms with Gasteiger partial charge in [0.15, 0.2) is 6.10 Å². The van der Waals surface area contributed by atoms with Crippen molar-refractivity contribution < 1.29 is 9.53 Å². The molecule has 0 fully saturated rings. The number of ether oxygens (including phenoxy) is 1. The van der Waals surface area contributed by atoms with Gasteiger partial charge in [0.2, 0.25) is 0 Å². The lowest BCUT2D eigenvalue weighted by atomic mass is 10.0. The van der Waals surface area contributed by atoms with Crippen molar-refractivity contribution in [2.75, 3.05) is 0 Å². The van der Waals surface area contributed by atoms with Gasteiger partial charge in [-0.25, -0.2) is 0 Å². The summed E-state index contributed by atoms with van der Waals surface area (Å²) in [7, 11) is 0. The molecule has 0 saturated heterocycles. The van der Waals surface area contributed by atoms with Crippen molar-refractivity contribution in [2.24, 2.45) is 0 Å². The third-order valence-electron chi connectivity index (χ3n) is 4.65. The number of fused-ring (bicyclic) bond motifs is 1. The van der Waals surface area contributed by atoms with E-state index in [2.05, 4.69) is 42.6 Å². The van der Waals surface area contributed by atoms with Crippen molar-refractivity contribution in [3.05, 3.63) is 77.9 Å². The number of amides is 1. The summed E-state index contributed by atoms with van der Waals surface area (Å²) in [5, 5.41) is 5.28. The summed E-state index contributed by atoms with van der Waals surface area (Å²) < 4.78 is 5.85. The fourth-order valence-corrected chi connectivity index (χ4v) is 2.95. The van der Waals surface area contributed by atoms with Crippen LogP contribution in [0.1, 0.15) is 37.9 Å². The minimum absolute atomic E-state index is 0.0592. The van der Waals surface area contributed by atoms with Crippen molar-refractivity contribution in [1.29, 1.82) is 0 Å². The van der Waals surface area contributed by atoms with E-state index in [9.17, 15) is 4.79 Å². The first-order chi connectivity index (χ1) is 12.6. The summed E-state index contributed by atoms with van der Waals surface area (Å²) in [6.07, 6.45) is 0.450. The van der Waals surface area contributed by atoms with Gasteiger partial charge in [-0.15, -0.1) is 0 Å². The minimum Gasteiger partial charge on any atom is -0.481 e. The molecule has 0 spiro atoms. The van der Waals surface area contributed by atoms with Gasteiger partial charge in [0, 0.05) is 0 Å². The molecule has 0 aliphatic heterocycles. The van der Waals surface area contributed by atoms with E-state index in [0.29, 0.717) is 5.75 Å². The van der Waals surface area contributed by atoms with Crippen molar-refractivity contribution >= 4 is 16.7 Å². The molecule has 0 unspecified atom stereocenters. The lowest BCUT2D eigenvalue weighted by Gasteiger charge is -2.19. The summed E-state index contributed by atoms with van der Waals surface area (Å²) in [5.74, 6) is 0.580. The number of aryl methyl sites for hydroxylation is 1. The molecule has 0 saturated carbocycles. The molecule has 2 atom stereocenters. The minimum atomic E-state index is -0.562. The first-order valence-corrected chi connectivity index (χ1v) is 9.11. The Morgan fingerprint density at radius 3 is 2.35 bits per heavy atom. The lowest BCUT2D eigenvalue weighted by molar-refractivity contribution is -0.127. The number of carbonyl (C=O) groups excluding carboxylic acids is 1.